The number of carbonyl (C=O) groups excluding carboxylic acids is 1. The molecule has 0 bridgehead atoms. The number of carboxylic acid groups (broad SMARTS) is 1. The molecule has 1 aliphatic rings. The predicted molar refractivity (Wildman–Crippen MR) is 108 cm³/mol. The highest BCUT2D eigenvalue weighted by Gasteiger charge is 2.52. The Hall–Kier alpha value is -1.65. The Balaban J connectivity index is 2.56. The van der Waals surface area contributed by atoms with Crippen LogP contribution in [0.25, 0.3) is 0 Å². The minimum atomic E-state index is -3.78. The molecule has 1 fully saturated rings. The number of amidine groups is 1. The molecule has 0 aromatic carbocycles. The molecule has 0 spiro atoms. The molecule has 11 heteroatoms. The van der Waals surface area contributed by atoms with Crippen molar-refractivity contribution in [3.63, 3.8) is 0 Å². The van der Waals surface area contributed by atoms with E-state index in [1.165, 1.54) is 19.9 Å². The SMILES string of the molecule is CC(C)(C)OC(=O)/N=C1\N[C@](C)(c2sc(C(=O)O)cc2Cl)CS(=O)(=O)C1(C)C. The van der Waals surface area contributed by atoms with Crippen molar-refractivity contribution in [2.45, 2.75) is 57.4 Å². The maximum Gasteiger partial charge on any atom is 0.435 e. The molecule has 0 aliphatic carbocycles. The van der Waals surface area contributed by atoms with Gasteiger partial charge < -0.3 is 15.2 Å². The van der Waals surface area contributed by atoms with Gasteiger partial charge in [0, 0.05) is 0 Å². The Kier molecular flexibility index (Phi) is 5.66. The van der Waals surface area contributed by atoms with E-state index in [-0.39, 0.29) is 21.5 Å². The summed E-state index contributed by atoms with van der Waals surface area (Å²) >= 11 is 7.07. The van der Waals surface area contributed by atoms with Crippen molar-refractivity contribution in [3.05, 3.63) is 20.8 Å². The van der Waals surface area contributed by atoms with Crippen LogP contribution in [0.3, 0.4) is 0 Å². The lowest BCUT2D eigenvalue weighted by Crippen LogP contribution is -2.64. The maximum atomic E-state index is 13.0. The fourth-order valence-corrected chi connectivity index (χ4v) is 5.97. The number of thiophene rings is 1. The van der Waals surface area contributed by atoms with Crippen LogP contribution in [0, 0.1) is 0 Å². The van der Waals surface area contributed by atoms with Crippen molar-refractivity contribution in [3.8, 4) is 0 Å². The number of aliphatic imine (C=N–C) groups is 1. The summed E-state index contributed by atoms with van der Waals surface area (Å²) in [4.78, 5) is 27.6. The van der Waals surface area contributed by atoms with Crippen LogP contribution in [-0.4, -0.2) is 47.5 Å². The molecule has 0 saturated carbocycles. The second-order valence-electron chi connectivity index (χ2n) is 8.26. The molecule has 1 aliphatic heterocycles. The summed E-state index contributed by atoms with van der Waals surface area (Å²) < 4.78 is 29.7. The number of amides is 1. The standard InChI is InChI=1S/C17H23ClN2O6S2/c1-15(2,3)26-14(23)19-13-16(4,5)28(24,25)8-17(6,20-13)11-9(18)7-10(27-11)12(21)22/h7H,8H2,1-6H3,(H,21,22)(H,19,20,23)/t17-/m0/s1. The molecule has 0 radical (unpaired) electrons. The lowest BCUT2D eigenvalue weighted by molar-refractivity contribution is 0.0601. The second-order valence-corrected chi connectivity index (χ2v) is 12.3. The maximum absolute atomic E-state index is 13.0. The van der Waals surface area contributed by atoms with Gasteiger partial charge in [-0.05, 0) is 47.6 Å². The molecule has 156 valence electrons. The van der Waals surface area contributed by atoms with E-state index in [1.54, 1.807) is 27.7 Å². The molecular formula is C17H23ClN2O6S2. The second kappa shape index (κ2) is 7.00. The molecule has 1 atom stereocenters. The van der Waals surface area contributed by atoms with Crippen LogP contribution in [0.2, 0.25) is 5.02 Å². The van der Waals surface area contributed by atoms with Gasteiger partial charge in [0.2, 0.25) is 0 Å². The van der Waals surface area contributed by atoms with Crippen LogP contribution in [0.4, 0.5) is 4.79 Å². The minimum absolute atomic E-state index is 0.0177. The predicted octanol–water partition coefficient (Wildman–Crippen LogP) is 3.45. The van der Waals surface area contributed by atoms with Crippen molar-refractivity contribution in [2.24, 2.45) is 4.99 Å². The number of hydrogen-bond donors (Lipinski definition) is 2. The zero-order valence-corrected chi connectivity index (χ0v) is 18.8. The van der Waals surface area contributed by atoms with Gasteiger partial charge in [0.05, 0.1) is 21.2 Å². The van der Waals surface area contributed by atoms with Crippen LogP contribution in [0.15, 0.2) is 11.1 Å². The quantitative estimate of drug-likeness (QED) is 0.707. The fraction of sp³-hybridized carbons (Fsp3) is 0.588. The van der Waals surface area contributed by atoms with Crippen molar-refractivity contribution < 1.29 is 27.9 Å². The molecule has 1 aromatic heterocycles. The van der Waals surface area contributed by atoms with Gasteiger partial charge in [-0.25, -0.2) is 18.0 Å². The third-order valence-corrected chi connectivity index (χ3v) is 8.72. The highest BCUT2D eigenvalue weighted by atomic mass is 35.5. The fourth-order valence-electron chi connectivity index (χ4n) is 2.67. The Morgan fingerprint density at radius 3 is 2.36 bits per heavy atom. The summed E-state index contributed by atoms with van der Waals surface area (Å²) in [6.07, 6.45) is -0.925. The Bertz CT molecular complexity index is 959. The first-order valence-corrected chi connectivity index (χ1v) is 11.2. The van der Waals surface area contributed by atoms with E-state index in [2.05, 4.69) is 10.3 Å². The Morgan fingerprint density at radius 2 is 1.89 bits per heavy atom. The number of carbonyl (C=O) groups is 2. The van der Waals surface area contributed by atoms with Crippen molar-refractivity contribution in [2.75, 3.05) is 5.75 Å². The smallest absolute Gasteiger partial charge is 0.435 e. The van der Waals surface area contributed by atoms with Crippen LogP contribution in [0.5, 0.6) is 0 Å². The van der Waals surface area contributed by atoms with Crippen LogP contribution in [0.1, 0.15) is 56.1 Å². The van der Waals surface area contributed by atoms with Gasteiger partial charge in [0.25, 0.3) is 0 Å². The summed E-state index contributed by atoms with van der Waals surface area (Å²) in [5.41, 5.74) is -2.06. The molecular weight excluding hydrogens is 428 g/mol. The molecule has 28 heavy (non-hydrogen) atoms. The number of hydrogen-bond acceptors (Lipinski definition) is 6. The van der Waals surface area contributed by atoms with Crippen LogP contribution >= 0.6 is 22.9 Å². The average molecular weight is 451 g/mol. The number of halogens is 1. The van der Waals surface area contributed by atoms with Crippen molar-refractivity contribution in [1.29, 1.82) is 0 Å². The van der Waals surface area contributed by atoms with E-state index in [0.717, 1.165) is 11.3 Å². The van der Waals surface area contributed by atoms with Crippen molar-refractivity contribution >= 4 is 50.7 Å². The summed E-state index contributed by atoms with van der Waals surface area (Å²) in [6, 6.07) is 1.27. The monoisotopic (exact) mass is 450 g/mol. The van der Waals surface area contributed by atoms with Gasteiger partial charge in [0.1, 0.15) is 21.1 Å². The Morgan fingerprint density at radius 1 is 1.32 bits per heavy atom. The molecule has 8 nitrogen and oxygen atoms in total. The minimum Gasteiger partial charge on any atom is -0.477 e. The van der Waals surface area contributed by atoms with Gasteiger partial charge >= 0.3 is 12.1 Å². The molecule has 1 saturated heterocycles. The molecule has 2 N–H and O–H groups in total. The summed E-state index contributed by atoms with van der Waals surface area (Å²) in [5.74, 6) is -1.60. The van der Waals surface area contributed by atoms with E-state index in [1.807, 2.05) is 0 Å². The average Bonchev–Trinajstić information content (AvgIpc) is 2.85. The number of aromatic carboxylic acids is 1. The lowest BCUT2D eigenvalue weighted by atomic mass is 10.00. The van der Waals surface area contributed by atoms with Crippen LogP contribution in [-0.2, 0) is 20.1 Å². The summed E-state index contributed by atoms with van der Waals surface area (Å²) in [6.45, 7) is 9.47. The number of nitrogens with zero attached hydrogens (tertiary/aromatic N) is 1. The number of sulfone groups is 1. The van der Waals surface area contributed by atoms with Crippen molar-refractivity contribution in [1.82, 2.24) is 5.32 Å². The highest BCUT2D eigenvalue weighted by Crippen LogP contribution is 2.41. The molecule has 1 amide bonds. The Labute approximate surface area is 172 Å². The molecule has 1 aromatic rings. The van der Waals surface area contributed by atoms with E-state index >= 15 is 0 Å². The number of ether oxygens (including phenoxy) is 1. The summed E-state index contributed by atoms with van der Waals surface area (Å²) in [5, 5.41) is 12.3. The topological polar surface area (TPSA) is 122 Å². The summed E-state index contributed by atoms with van der Waals surface area (Å²) in [7, 11) is -3.78. The van der Waals surface area contributed by atoms with Crippen LogP contribution < -0.4 is 5.32 Å². The van der Waals surface area contributed by atoms with Gasteiger partial charge in [-0.1, -0.05) is 11.6 Å². The van der Waals surface area contributed by atoms with Gasteiger partial charge in [-0.15, -0.1) is 11.3 Å². The first-order valence-electron chi connectivity index (χ1n) is 8.34. The van der Waals surface area contributed by atoms with Gasteiger partial charge in [-0.3, -0.25) is 0 Å². The first-order chi connectivity index (χ1) is 12.5. The lowest BCUT2D eigenvalue weighted by Gasteiger charge is -2.43. The van der Waals surface area contributed by atoms with E-state index in [0.29, 0.717) is 4.88 Å². The first kappa shape index (κ1) is 22.6. The number of rotatable bonds is 2. The normalized spacial score (nSPS) is 25.2. The molecule has 2 rings (SSSR count). The third kappa shape index (κ3) is 4.33. The molecule has 2 heterocycles. The van der Waals surface area contributed by atoms with E-state index in [9.17, 15) is 23.1 Å². The van der Waals surface area contributed by atoms with Gasteiger partial charge in [0.15, 0.2) is 9.84 Å². The van der Waals surface area contributed by atoms with Gasteiger partial charge in [-0.2, -0.15) is 4.99 Å². The zero-order chi connectivity index (χ0) is 21.7. The highest BCUT2D eigenvalue weighted by molar-refractivity contribution is 7.93. The van der Waals surface area contributed by atoms with E-state index < -0.39 is 37.8 Å². The number of carboxylic acids is 1. The molecule has 0 unspecified atom stereocenters. The largest absolute Gasteiger partial charge is 0.477 e. The zero-order valence-electron chi connectivity index (χ0n) is 16.4. The van der Waals surface area contributed by atoms with E-state index in [4.69, 9.17) is 16.3 Å². The third-order valence-electron chi connectivity index (χ3n) is 4.22. The number of nitrogens with one attached hydrogen (secondary N) is 1.